The fraction of sp³-hybridized carbons (Fsp3) is 0.0870. The van der Waals surface area contributed by atoms with Crippen LogP contribution in [-0.2, 0) is 11.4 Å². The molecule has 1 amide bonds. The van der Waals surface area contributed by atoms with Crippen molar-refractivity contribution in [2.75, 3.05) is 12.4 Å². The van der Waals surface area contributed by atoms with Gasteiger partial charge >= 0.3 is 0 Å². The van der Waals surface area contributed by atoms with Crippen LogP contribution >= 0.6 is 0 Å². The zero-order valence-electron chi connectivity index (χ0n) is 15.5. The molecule has 142 valence electrons. The van der Waals surface area contributed by atoms with E-state index in [4.69, 9.17) is 9.47 Å². The molecule has 3 rings (SSSR count). The van der Waals surface area contributed by atoms with Gasteiger partial charge in [-0.3, -0.25) is 4.79 Å². The molecule has 0 aromatic heterocycles. The van der Waals surface area contributed by atoms with Crippen molar-refractivity contribution in [2.24, 2.45) is 0 Å². The molecule has 0 fully saturated rings. The molecule has 3 aromatic carbocycles. The Hall–Kier alpha value is -3.73. The second-order valence-corrected chi connectivity index (χ2v) is 6.02. The Morgan fingerprint density at radius 1 is 1.00 bits per heavy atom. The minimum absolute atomic E-state index is 0.0183. The molecule has 2 N–H and O–H groups in total. The molecule has 0 saturated carbocycles. The van der Waals surface area contributed by atoms with Crippen LogP contribution in [0.1, 0.15) is 11.1 Å². The van der Waals surface area contributed by atoms with E-state index in [2.05, 4.69) is 5.32 Å². The first kappa shape index (κ1) is 19.0. The Morgan fingerprint density at radius 3 is 2.50 bits per heavy atom. The highest BCUT2D eigenvalue weighted by Crippen LogP contribution is 2.27. The van der Waals surface area contributed by atoms with E-state index in [0.717, 1.165) is 5.56 Å². The quantitative estimate of drug-likeness (QED) is 0.591. The van der Waals surface area contributed by atoms with Gasteiger partial charge in [-0.1, -0.05) is 48.5 Å². The van der Waals surface area contributed by atoms with Gasteiger partial charge in [0.2, 0.25) is 5.91 Å². The van der Waals surface area contributed by atoms with Gasteiger partial charge in [-0.15, -0.1) is 0 Å². The first-order valence-corrected chi connectivity index (χ1v) is 8.77. The van der Waals surface area contributed by atoms with E-state index in [9.17, 15) is 9.90 Å². The highest BCUT2D eigenvalue weighted by molar-refractivity contribution is 6.02. The Bertz CT molecular complexity index is 967. The summed E-state index contributed by atoms with van der Waals surface area (Å²) in [5, 5.41) is 12.6. The Kier molecular flexibility index (Phi) is 6.31. The van der Waals surface area contributed by atoms with Crippen molar-refractivity contribution in [3.8, 4) is 17.2 Å². The van der Waals surface area contributed by atoms with Gasteiger partial charge in [0.05, 0.1) is 12.8 Å². The maximum Gasteiger partial charge on any atom is 0.248 e. The molecule has 0 bridgehead atoms. The maximum absolute atomic E-state index is 12.3. The first-order valence-electron chi connectivity index (χ1n) is 8.77. The van der Waals surface area contributed by atoms with Crippen molar-refractivity contribution in [3.05, 3.63) is 90.0 Å². The number of methoxy groups -OCH3 is 1. The minimum atomic E-state index is -0.300. The van der Waals surface area contributed by atoms with Crippen LogP contribution in [0, 0.1) is 0 Å². The fourth-order valence-corrected chi connectivity index (χ4v) is 2.59. The number of aromatic hydroxyl groups is 1. The lowest BCUT2D eigenvalue weighted by atomic mass is 10.2. The molecule has 0 atom stereocenters. The third-order valence-corrected chi connectivity index (χ3v) is 4.01. The Morgan fingerprint density at radius 2 is 1.75 bits per heavy atom. The van der Waals surface area contributed by atoms with E-state index in [-0.39, 0.29) is 11.7 Å². The SMILES string of the molecule is COc1ccc(C=CC(=O)Nc2ccccc2OCc2ccccc2)cc1O. The number of ether oxygens (including phenoxy) is 2. The normalized spacial score (nSPS) is 10.6. The molecule has 0 aliphatic rings. The van der Waals surface area contributed by atoms with Gasteiger partial charge in [0.25, 0.3) is 0 Å². The summed E-state index contributed by atoms with van der Waals surface area (Å²) < 4.78 is 10.8. The number of para-hydroxylation sites is 2. The number of phenols is 1. The highest BCUT2D eigenvalue weighted by Gasteiger charge is 2.06. The van der Waals surface area contributed by atoms with E-state index in [0.29, 0.717) is 29.4 Å². The molecule has 3 aromatic rings. The number of amides is 1. The molecule has 5 nitrogen and oxygen atoms in total. The third-order valence-electron chi connectivity index (χ3n) is 4.01. The highest BCUT2D eigenvalue weighted by atomic mass is 16.5. The number of hydrogen-bond donors (Lipinski definition) is 2. The number of carbonyl (C=O) groups is 1. The fourth-order valence-electron chi connectivity index (χ4n) is 2.59. The van der Waals surface area contributed by atoms with Crippen molar-refractivity contribution in [1.29, 1.82) is 0 Å². The molecule has 5 heteroatoms. The van der Waals surface area contributed by atoms with Crippen LogP contribution < -0.4 is 14.8 Å². The summed E-state index contributed by atoms with van der Waals surface area (Å²) in [7, 11) is 1.48. The minimum Gasteiger partial charge on any atom is -0.504 e. The second-order valence-electron chi connectivity index (χ2n) is 6.02. The number of rotatable bonds is 7. The van der Waals surface area contributed by atoms with Gasteiger partial charge in [-0.25, -0.2) is 0 Å². The van der Waals surface area contributed by atoms with Crippen LogP contribution in [0.3, 0.4) is 0 Å². The number of nitrogens with one attached hydrogen (secondary N) is 1. The number of anilines is 1. The van der Waals surface area contributed by atoms with E-state index >= 15 is 0 Å². The summed E-state index contributed by atoms with van der Waals surface area (Å²) in [5.41, 5.74) is 2.32. The largest absolute Gasteiger partial charge is 0.504 e. The van der Waals surface area contributed by atoms with Gasteiger partial charge < -0.3 is 19.9 Å². The van der Waals surface area contributed by atoms with E-state index in [1.54, 1.807) is 24.3 Å². The van der Waals surface area contributed by atoms with Crippen molar-refractivity contribution in [3.63, 3.8) is 0 Å². The summed E-state index contributed by atoms with van der Waals surface area (Å²) in [4.78, 5) is 12.3. The van der Waals surface area contributed by atoms with E-state index in [1.807, 2.05) is 48.5 Å². The van der Waals surface area contributed by atoms with Crippen LogP contribution in [0.15, 0.2) is 78.9 Å². The lowest BCUT2D eigenvalue weighted by Crippen LogP contribution is -2.09. The molecule has 0 saturated heterocycles. The molecule has 28 heavy (non-hydrogen) atoms. The Balaban J connectivity index is 1.64. The third kappa shape index (κ3) is 5.14. The maximum atomic E-state index is 12.3. The van der Waals surface area contributed by atoms with E-state index < -0.39 is 0 Å². The zero-order valence-corrected chi connectivity index (χ0v) is 15.5. The van der Waals surface area contributed by atoms with Crippen LogP contribution in [0.25, 0.3) is 6.08 Å². The van der Waals surface area contributed by atoms with Crippen molar-refractivity contribution >= 4 is 17.7 Å². The predicted octanol–water partition coefficient (Wildman–Crippen LogP) is 4.63. The zero-order chi connectivity index (χ0) is 19.8. The van der Waals surface area contributed by atoms with Gasteiger partial charge in [-0.2, -0.15) is 0 Å². The first-order chi connectivity index (χ1) is 13.7. The van der Waals surface area contributed by atoms with Gasteiger partial charge in [0.15, 0.2) is 11.5 Å². The van der Waals surface area contributed by atoms with Gasteiger partial charge in [0, 0.05) is 6.08 Å². The number of phenolic OH excluding ortho intramolecular Hbond substituents is 1. The Labute approximate surface area is 163 Å². The van der Waals surface area contributed by atoms with Gasteiger partial charge in [-0.05, 0) is 41.5 Å². The number of carbonyl (C=O) groups excluding carboxylic acids is 1. The van der Waals surface area contributed by atoms with E-state index in [1.165, 1.54) is 19.3 Å². The monoisotopic (exact) mass is 375 g/mol. The van der Waals surface area contributed by atoms with Crippen molar-refractivity contribution < 1.29 is 19.4 Å². The molecule has 0 radical (unpaired) electrons. The average Bonchev–Trinajstić information content (AvgIpc) is 2.72. The molecule has 0 aliphatic carbocycles. The second kappa shape index (κ2) is 9.28. The molecular formula is C23H21NO4. The smallest absolute Gasteiger partial charge is 0.248 e. The van der Waals surface area contributed by atoms with Crippen molar-refractivity contribution in [1.82, 2.24) is 0 Å². The molecule has 0 unspecified atom stereocenters. The van der Waals surface area contributed by atoms with Crippen LogP contribution in [0.2, 0.25) is 0 Å². The summed E-state index contributed by atoms with van der Waals surface area (Å²) in [5.74, 6) is 0.692. The topological polar surface area (TPSA) is 67.8 Å². The summed E-state index contributed by atoms with van der Waals surface area (Å²) in [6.45, 7) is 0.411. The molecule has 0 heterocycles. The lowest BCUT2D eigenvalue weighted by Gasteiger charge is -2.11. The van der Waals surface area contributed by atoms with Crippen LogP contribution in [0.4, 0.5) is 5.69 Å². The predicted molar refractivity (Wildman–Crippen MR) is 110 cm³/mol. The molecule has 0 spiro atoms. The van der Waals surface area contributed by atoms with Crippen molar-refractivity contribution in [2.45, 2.75) is 6.61 Å². The van der Waals surface area contributed by atoms with Gasteiger partial charge in [0.1, 0.15) is 12.4 Å². The van der Waals surface area contributed by atoms with Crippen LogP contribution in [0.5, 0.6) is 17.2 Å². The molecular weight excluding hydrogens is 354 g/mol. The standard InChI is InChI=1S/C23H21NO4/c1-27-22-13-11-17(15-20(22)25)12-14-23(26)24-19-9-5-6-10-21(19)28-16-18-7-3-2-4-8-18/h2-15,25H,16H2,1H3,(H,24,26). The number of benzene rings is 3. The summed E-state index contributed by atoms with van der Waals surface area (Å²) >= 11 is 0. The summed E-state index contributed by atoms with van der Waals surface area (Å²) in [6, 6.07) is 22.0. The molecule has 0 aliphatic heterocycles. The summed E-state index contributed by atoms with van der Waals surface area (Å²) in [6.07, 6.45) is 3.01. The average molecular weight is 375 g/mol. The lowest BCUT2D eigenvalue weighted by molar-refractivity contribution is -0.111. The van der Waals surface area contributed by atoms with Crippen LogP contribution in [-0.4, -0.2) is 18.1 Å². The number of hydrogen-bond acceptors (Lipinski definition) is 4.